The lowest BCUT2D eigenvalue weighted by atomic mass is 10.1. The molecule has 2 N–H and O–H groups in total. The zero-order valence-electron chi connectivity index (χ0n) is 16.9. The third-order valence-electron chi connectivity index (χ3n) is 4.88. The van der Waals surface area contributed by atoms with Crippen LogP contribution in [0.1, 0.15) is 35.6 Å². The van der Waals surface area contributed by atoms with Gasteiger partial charge in [-0.2, -0.15) is 4.98 Å². The Morgan fingerprint density at radius 3 is 2.48 bits per heavy atom. The maximum atomic E-state index is 11.8. The van der Waals surface area contributed by atoms with Crippen molar-refractivity contribution in [2.24, 2.45) is 0 Å². The highest BCUT2D eigenvalue weighted by Crippen LogP contribution is 2.29. The van der Waals surface area contributed by atoms with Crippen LogP contribution in [0.3, 0.4) is 0 Å². The Morgan fingerprint density at radius 1 is 1.19 bits per heavy atom. The van der Waals surface area contributed by atoms with Crippen LogP contribution in [0.15, 0.2) is 23.0 Å². The van der Waals surface area contributed by atoms with Crippen LogP contribution in [0, 0.1) is 20.8 Å². The number of benzene rings is 1. The van der Waals surface area contributed by atoms with Crippen molar-refractivity contribution in [1.82, 2.24) is 14.9 Å². The monoisotopic (exact) mass is 375 g/mol. The molecule has 1 aromatic heterocycles. The number of nitrogens with zero attached hydrogens (tertiary/aromatic N) is 2. The lowest BCUT2D eigenvalue weighted by Gasteiger charge is -2.21. The van der Waals surface area contributed by atoms with Crippen LogP contribution in [0.25, 0.3) is 0 Å². The number of aliphatic hydroxyl groups is 1. The molecular formula is C20H29N3O4. The van der Waals surface area contributed by atoms with Crippen LogP contribution < -0.4 is 20.3 Å². The number of methoxy groups -OCH3 is 2. The topological polar surface area (TPSA) is 85.6 Å². The largest absolute Gasteiger partial charge is 0.493 e. The van der Waals surface area contributed by atoms with E-state index in [2.05, 4.69) is 10.3 Å². The smallest absolute Gasteiger partial charge is 0.276 e. The fourth-order valence-electron chi connectivity index (χ4n) is 2.99. The summed E-state index contributed by atoms with van der Waals surface area (Å²) >= 11 is 0. The lowest BCUT2D eigenvalue weighted by Crippen LogP contribution is -2.34. The van der Waals surface area contributed by atoms with Crippen LogP contribution in [0.4, 0.5) is 0 Å². The molecule has 0 fully saturated rings. The van der Waals surface area contributed by atoms with Gasteiger partial charge in [-0.15, -0.1) is 0 Å². The predicted octanol–water partition coefficient (Wildman–Crippen LogP) is 1.90. The van der Waals surface area contributed by atoms with Crippen molar-refractivity contribution in [1.29, 1.82) is 0 Å². The van der Waals surface area contributed by atoms with E-state index in [1.54, 1.807) is 28.1 Å². The zero-order chi connectivity index (χ0) is 20.1. The average molecular weight is 375 g/mol. The number of hydrogen-bond acceptors (Lipinski definition) is 6. The first-order valence-electron chi connectivity index (χ1n) is 8.96. The summed E-state index contributed by atoms with van der Waals surface area (Å²) < 4.78 is 12.5. The lowest BCUT2D eigenvalue weighted by molar-refractivity contribution is 0.145. The Hall–Kier alpha value is -2.38. The van der Waals surface area contributed by atoms with Gasteiger partial charge in [0.15, 0.2) is 11.5 Å². The molecular weight excluding hydrogens is 346 g/mol. The first-order chi connectivity index (χ1) is 12.8. The SMILES string of the molecule is COc1ccc(C(C)NCC(O)Cn2c(C)nc(=O)c(C)c2C)cc1OC. The van der Waals surface area contributed by atoms with E-state index in [-0.39, 0.29) is 11.6 Å². The molecule has 2 atom stereocenters. The van der Waals surface area contributed by atoms with E-state index in [1.807, 2.05) is 36.6 Å². The van der Waals surface area contributed by atoms with Crippen LogP contribution >= 0.6 is 0 Å². The van der Waals surface area contributed by atoms with E-state index in [4.69, 9.17) is 9.47 Å². The second-order valence-corrected chi connectivity index (χ2v) is 6.68. The molecule has 1 aromatic carbocycles. The van der Waals surface area contributed by atoms with Crippen molar-refractivity contribution in [2.75, 3.05) is 20.8 Å². The molecule has 7 heteroatoms. The van der Waals surface area contributed by atoms with Crippen molar-refractivity contribution in [3.63, 3.8) is 0 Å². The van der Waals surface area contributed by atoms with Gasteiger partial charge in [-0.25, -0.2) is 0 Å². The number of aromatic nitrogens is 2. The fraction of sp³-hybridized carbons (Fsp3) is 0.500. The number of aliphatic hydroxyl groups excluding tert-OH is 1. The highest BCUT2D eigenvalue weighted by atomic mass is 16.5. The molecule has 0 aliphatic rings. The van der Waals surface area contributed by atoms with Gasteiger partial charge in [-0.1, -0.05) is 6.07 Å². The molecule has 0 aliphatic heterocycles. The van der Waals surface area contributed by atoms with Gasteiger partial charge in [0.2, 0.25) is 0 Å². The average Bonchev–Trinajstić information content (AvgIpc) is 2.67. The molecule has 0 saturated heterocycles. The van der Waals surface area contributed by atoms with Crippen molar-refractivity contribution >= 4 is 0 Å². The minimum absolute atomic E-state index is 0.0236. The highest BCUT2D eigenvalue weighted by molar-refractivity contribution is 5.43. The Balaban J connectivity index is 2.03. The summed E-state index contributed by atoms with van der Waals surface area (Å²) in [6.07, 6.45) is -0.617. The molecule has 2 rings (SSSR count). The Bertz CT molecular complexity index is 848. The molecule has 27 heavy (non-hydrogen) atoms. The quantitative estimate of drug-likeness (QED) is 0.733. The van der Waals surface area contributed by atoms with Crippen molar-refractivity contribution in [3.8, 4) is 11.5 Å². The maximum absolute atomic E-state index is 11.8. The number of hydrogen-bond donors (Lipinski definition) is 2. The first-order valence-corrected chi connectivity index (χ1v) is 8.96. The summed E-state index contributed by atoms with van der Waals surface area (Å²) in [5.41, 5.74) is 2.27. The van der Waals surface area contributed by atoms with E-state index in [9.17, 15) is 9.90 Å². The standard InChI is InChI=1S/C20H29N3O4/c1-12-14(3)23(15(4)22-20(12)25)11-17(24)10-21-13(2)16-7-8-18(26-5)19(9-16)27-6/h7-9,13,17,21,24H,10-11H2,1-6H3. The van der Waals surface area contributed by atoms with Crippen LogP contribution in [0.2, 0.25) is 0 Å². The van der Waals surface area contributed by atoms with Gasteiger partial charge in [0.05, 0.1) is 26.9 Å². The van der Waals surface area contributed by atoms with Crippen LogP contribution in [0.5, 0.6) is 11.5 Å². The zero-order valence-corrected chi connectivity index (χ0v) is 16.9. The molecule has 0 radical (unpaired) electrons. The molecule has 1 heterocycles. The predicted molar refractivity (Wildman–Crippen MR) is 105 cm³/mol. The summed E-state index contributed by atoms with van der Waals surface area (Å²) in [5.74, 6) is 1.96. The van der Waals surface area contributed by atoms with E-state index < -0.39 is 6.10 Å². The van der Waals surface area contributed by atoms with Crippen LogP contribution in [-0.2, 0) is 6.54 Å². The third-order valence-corrected chi connectivity index (χ3v) is 4.88. The van der Waals surface area contributed by atoms with Crippen LogP contribution in [-0.4, -0.2) is 41.5 Å². The molecule has 0 spiro atoms. The van der Waals surface area contributed by atoms with Gasteiger partial charge in [0, 0.05) is 23.8 Å². The molecule has 0 bridgehead atoms. The van der Waals surface area contributed by atoms with Crippen molar-refractivity contribution in [3.05, 3.63) is 51.2 Å². The van der Waals surface area contributed by atoms with Gasteiger partial charge in [-0.3, -0.25) is 4.79 Å². The molecule has 0 saturated carbocycles. The Kier molecular flexibility index (Phi) is 6.98. The maximum Gasteiger partial charge on any atom is 0.276 e. The molecule has 148 valence electrons. The van der Waals surface area contributed by atoms with Gasteiger partial charge < -0.3 is 24.5 Å². The molecule has 2 unspecified atom stereocenters. The van der Waals surface area contributed by atoms with E-state index in [1.165, 1.54) is 0 Å². The number of rotatable bonds is 8. The number of aryl methyl sites for hydroxylation is 1. The van der Waals surface area contributed by atoms with E-state index >= 15 is 0 Å². The summed E-state index contributed by atoms with van der Waals surface area (Å²) in [7, 11) is 3.21. The fourth-order valence-corrected chi connectivity index (χ4v) is 2.99. The van der Waals surface area contributed by atoms with Gasteiger partial charge >= 0.3 is 0 Å². The van der Waals surface area contributed by atoms with Gasteiger partial charge in [-0.05, 0) is 45.4 Å². The summed E-state index contributed by atoms with van der Waals surface area (Å²) in [6.45, 7) is 8.20. The summed E-state index contributed by atoms with van der Waals surface area (Å²) in [4.78, 5) is 15.8. The second-order valence-electron chi connectivity index (χ2n) is 6.68. The molecule has 0 aliphatic carbocycles. The van der Waals surface area contributed by atoms with Crippen molar-refractivity contribution < 1.29 is 14.6 Å². The minimum Gasteiger partial charge on any atom is -0.493 e. The summed E-state index contributed by atoms with van der Waals surface area (Å²) in [6, 6.07) is 5.78. The molecule has 2 aromatic rings. The highest BCUT2D eigenvalue weighted by Gasteiger charge is 2.15. The second kappa shape index (κ2) is 9.01. The Labute approximate surface area is 160 Å². The van der Waals surface area contributed by atoms with Crippen molar-refractivity contribution in [2.45, 2.75) is 46.4 Å². The first kappa shape index (κ1) is 20.9. The molecule has 7 nitrogen and oxygen atoms in total. The normalized spacial score (nSPS) is 13.3. The van der Waals surface area contributed by atoms with E-state index in [0.29, 0.717) is 36.0 Å². The minimum atomic E-state index is -0.617. The number of ether oxygens (including phenoxy) is 2. The summed E-state index contributed by atoms with van der Waals surface area (Å²) in [5, 5.41) is 13.8. The van der Waals surface area contributed by atoms with Gasteiger partial charge in [0.25, 0.3) is 5.56 Å². The Morgan fingerprint density at radius 2 is 1.85 bits per heavy atom. The van der Waals surface area contributed by atoms with Gasteiger partial charge in [0.1, 0.15) is 5.82 Å². The third kappa shape index (κ3) is 4.87. The number of nitrogens with one attached hydrogen (secondary N) is 1. The van der Waals surface area contributed by atoms with E-state index in [0.717, 1.165) is 11.3 Å². The molecule has 0 amide bonds.